The summed E-state index contributed by atoms with van der Waals surface area (Å²) in [4.78, 5) is 0. The minimum absolute atomic E-state index is 0.594. The Morgan fingerprint density at radius 1 is 1.17 bits per heavy atom. The zero-order valence-corrected chi connectivity index (χ0v) is 9.09. The first-order valence-corrected chi connectivity index (χ1v) is 5.29. The van der Waals surface area contributed by atoms with E-state index in [0.717, 1.165) is 19.5 Å². The molecule has 4 heteroatoms. The third kappa shape index (κ3) is 10.2. The monoisotopic (exact) mass is 206 g/mol. The summed E-state index contributed by atoms with van der Waals surface area (Å²) in [5, 5.41) is 3.01. The van der Waals surface area contributed by atoms with E-state index < -0.39 is 0 Å². The molecule has 0 rings (SSSR count). The van der Waals surface area contributed by atoms with Gasteiger partial charge in [0.2, 0.25) is 0 Å². The van der Waals surface area contributed by atoms with Crippen LogP contribution < -0.4 is 11.1 Å². The van der Waals surface area contributed by atoms with Gasteiger partial charge in [0.15, 0.2) is 0 Å². The Hall–Kier alpha value is 0.200. The summed E-state index contributed by atoms with van der Waals surface area (Å²) in [6.07, 6.45) is 6.10. The van der Waals surface area contributed by atoms with Gasteiger partial charge in [-0.3, -0.25) is 0 Å². The van der Waals surface area contributed by atoms with E-state index in [4.69, 9.17) is 18.0 Å². The maximum atomic E-state index is 5.37. The molecule has 0 radical (unpaired) electrons. The van der Waals surface area contributed by atoms with E-state index in [1.165, 1.54) is 25.7 Å². The molecule has 72 valence electrons. The number of hydrogen-bond acceptors (Lipinski definition) is 2. The summed E-state index contributed by atoms with van der Waals surface area (Å²) < 4.78 is 0.594. The molecule has 0 atom stereocenters. The van der Waals surface area contributed by atoms with E-state index in [2.05, 4.69) is 17.9 Å². The maximum Gasteiger partial charge on any atom is 0.130 e. The molecule has 0 aromatic rings. The van der Waals surface area contributed by atoms with Gasteiger partial charge >= 0.3 is 0 Å². The van der Waals surface area contributed by atoms with Crippen LogP contribution in [0.4, 0.5) is 0 Å². The molecular weight excluding hydrogens is 188 g/mol. The van der Waals surface area contributed by atoms with Gasteiger partial charge in [0.25, 0.3) is 0 Å². The molecule has 3 N–H and O–H groups in total. The number of nitrogens with one attached hydrogen (secondary N) is 1. The Balaban J connectivity index is 2.86. The van der Waals surface area contributed by atoms with Crippen molar-refractivity contribution in [3.8, 4) is 0 Å². The van der Waals surface area contributed by atoms with E-state index >= 15 is 0 Å². The van der Waals surface area contributed by atoms with Crippen LogP contribution in [-0.2, 0) is 0 Å². The largest absolute Gasteiger partial charge is 0.371 e. The standard InChI is InChI=1S/C8H18N2S2/c9-6-4-2-1-3-5-7-10-8(11)12/h1-7,9H2,(H2,10,11,12). The third-order valence-electron chi connectivity index (χ3n) is 1.66. The summed E-state index contributed by atoms with van der Waals surface area (Å²) in [6.45, 7) is 1.77. The second kappa shape index (κ2) is 9.29. The Bertz CT molecular complexity index is 118. The van der Waals surface area contributed by atoms with Gasteiger partial charge < -0.3 is 11.1 Å². The molecule has 0 amide bonds. The second-order valence-electron chi connectivity index (χ2n) is 2.79. The van der Waals surface area contributed by atoms with Crippen molar-refractivity contribution in [1.82, 2.24) is 5.32 Å². The Kier molecular flexibility index (Phi) is 9.44. The quantitative estimate of drug-likeness (QED) is 0.337. The van der Waals surface area contributed by atoms with Crippen LogP contribution in [0.1, 0.15) is 32.1 Å². The Morgan fingerprint density at radius 2 is 1.75 bits per heavy atom. The summed E-state index contributed by atoms with van der Waals surface area (Å²) in [7, 11) is 0. The smallest absolute Gasteiger partial charge is 0.130 e. The van der Waals surface area contributed by atoms with Gasteiger partial charge in [0.05, 0.1) is 0 Å². The van der Waals surface area contributed by atoms with Crippen molar-refractivity contribution < 1.29 is 0 Å². The van der Waals surface area contributed by atoms with Crippen LogP contribution in [0, 0.1) is 0 Å². The topological polar surface area (TPSA) is 38.0 Å². The molecule has 0 aromatic heterocycles. The van der Waals surface area contributed by atoms with E-state index in [9.17, 15) is 0 Å². The lowest BCUT2D eigenvalue weighted by Gasteiger charge is -2.02. The zero-order chi connectivity index (χ0) is 9.23. The van der Waals surface area contributed by atoms with Gasteiger partial charge in [-0.25, -0.2) is 0 Å². The molecule has 0 bridgehead atoms. The highest BCUT2D eigenvalue weighted by Crippen LogP contribution is 2.01. The lowest BCUT2D eigenvalue weighted by Crippen LogP contribution is -2.17. The van der Waals surface area contributed by atoms with Gasteiger partial charge in [-0.1, -0.05) is 31.5 Å². The maximum absolute atomic E-state index is 5.37. The van der Waals surface area contributed by atoms with Crippen LogP contribution in [0.15, 0.2) is 0 Å². The molecule has 0 aromatic carbocycles. The van der Waals surface area contributed by atoms with Crippen molar-refractivity contribution in [2.24, 2.45) is 5.73 Å². The molecule has 0 fully saturated rings. The normalized spacial score (nSPS) is 9.83. The van der Waals surface area contributed by atoms with Gasteiger partial charge in [-0.15, -0.1) is 12.6 Å². The van der Waals surface area contributed by atoms with Crippen LogP contribution in [0.25, 0.3) is 0 Å². The van der Waals surface area contributed by atoms with E-state index in [-0.39, 0.29) is 0 Å². The van der Waals surface area contributed by atoms with Gasteiger partial charge in [0.1, 0.15) is 4.32 Å². The molecular formula is C8H18N2S2. The third-order valence-corrected chi connectivity index (χ3v) is 1.96. The van der Waals surface area contributed by atoms with Crippen LogP contribution in [-0.4, -0.2) is 17.4 Å². The minimum Gasteiger partial charge on any atom is -0.371 e. The molecule has 0 aliphatic rings. The first-order chi connectivity index (χ1) is 5.77. The number of thiocarbonyl (C=S) groups is 1. The highest BCUT2D eigenvalue weighted by Gasteiger charge is 1.90. The molecule has 0 spiro atoms. The number of nitrogens with two attached hydrogens (primary N) is 1. The molecule has 0 heterocycles. The van der Waals surface area contributed by atoms with Gasteiger partial charge in [-0.05, 0) is 19.4 Å². The van der Waals surface area contributed by atoms with Crippen LogP contribution >= 0.6 is 24.8 Å². The predicted molar refractivity (Wildman–Crippen MR) is 61.7 cm³/mol. The van der Waals surface area contributed by atoms with Crippen LogP contribution in [0.2, 0.25) is 0 Å². The second-order valence-corrected chi connectivity index (χ2v) is 3.95. The van der Waals surface area contributed by atoms with E-state index in [1.807, 2.05) is 0 Å². The number of unbranched alkanes of at least 4 members (excludes halogenated alkanes) is 4. The average Bonchev–Trinajstić information content (AvgIpc) is 2.02. The Morgan fingerprint density at radius 3 is 2.33 bits per heavy atom. The molecule has 2 nitrogen and oxygen atoms in total. The lowest BCUT2D eigenvalue weighted by atomic mass is 10.1. The minimum atomic E-state index is 0.594. The summed E-state index contributed by atoms with van der Waals surface area (Å²) in [6, 6.07) is 0. The average molecular weight is 206 g/mol. The fourth-order valence-electron chi connectivity index (χ4n) is 0.995. The van der Waals surface area contributed by atoms with E-state index in [1.54, 1.807) is 0 Å². The molecule has 0 saturated carbocycles. The fraction of sp³-hybridized carbons (Fsp3) is 0.875. The number of hydrogen-bond donors (Lipinski definition) is 3. The predicted octanol–water partition coefficient (Wildman–Crippen LogP) is 1.70. The highest BCUT2D eigenvalue weighted by molar-refractivity contribution is 8.11. The number of rotatable bonds is 7. The Labute approximate surface area is 85.7 Å². The zero-order valence-electron chi connectivity index (χ0n) is 7.38. The number of thiol groups is 1. The SMILES string of the molecule is NCCCCCCCNC(=S)S. The van der Waals surface area contributed by atoms with Crippen molar-refractivity contribution in [3.05, 3.63) is 0 Å². The first kappa shape index (κ1) is 12.2. The summed E-state index contributed by atoms with van der Waals surface area (Å²) >= 11 is 8.71. The van der Waals surface area contributed by atoms with Crippen molar-refractivity contribution in [3.63, 3.8) is 0 Å². The van der Waals surface area contributed by atoms with Gasteiger partial charge in [0, 0.05) is 6.54 Å². The first-order valence-electron chi connectivity index (χ1n) is 4.44. The molecule has 0 aliphatic heterocycles. The van der Waals surface area contributed by atoms with Crippen molar-refractivity contribution in [2.75, 3.05) is 13.1 Å². The molecule has 0 aliphatic carbocycles. The van der Waals surface area contributed by atoms with Gasteiger partial charge in [-0.2, -0.15) is 0 Å². The highest BCUT2D eigenvalue weighted by atomic mass is 32.1. The summed E-state index contributed by atoms with van der Waals surface area (Å²) in [5.74, 6) is 0. The molecule has 12 heavy (non-hydrogen) atoms. The molecule has 0 unspecified atom stereocenters. The van der Waals surface area contributed by atoms with E-state index in [0.29, 0.717) is 4.32 Å². The summed E-state index contributed by atoms with van der Waals surface area (Å²) in [5.41, 5.74) is 5.37. The molecule has 0 saturated heterocycles. The lowest BCUT2D eigenvalue weighted by molar-refractivity contribution is 0.613. The van der Waals surface area contributed by atoms with Crippen molar-refractivity contribution >= 4 is 29.2 Å². The van der Waals surface area contributed by atoms with Crippen LogP contribution in [0.3, 0.4) is 0 Å². The van der Waals surface area contributed by atoms with Crippen molar-refractivity contribution in [2.45, 2.75) is 32.1 Å². The fourth-order valence-corrected chi connectivity index (χ4v) is 1.21. The van der Waals surface area contributed by atoms with Crippen molar-refractivity contribution in [1.29, 1.82) is 0 Å². The van der Waals surface area contributed by atoms with Crippen LogP contribution in [0.5, 0.6) is 0 Å².